The smallest absolute Gasteiger partial charge is 0.214 e. The highest BCUT2D eigenvalue weighted by molar-refractivity contribution is 5.26. The van der Waals surface area contributed by atoms with Gasteiger partial charge in [-0.1, -0.05) is 26.5 Å². The number of hydrogen-bond donors (Lipinski definition) is 1. The van der Waals surface area contributed by atoms with Crippen molar-refractivity contribution in [2.24, 2.45) is 0 Å². The van der Waals surface area contributed by atoms with Crippen molar-refractivity contribution in [3.8, 4) is 5.88 Å². The topological polar surface area (TPSA) is 34.1 Å². The molecule has 0 fully saturated rings. The Bertz CT molecular complexity index is 348. The average molecular weight is 220 g/mol. The van der Waals surface area contributed by atoms with Crippen LogP contribution in [-0.4, -0.2) is 18.6 Å². The van der Waals surface area contributed by atoms with E-state index >= 15 is 0 Å². The van der Waals surface area contributed by atoms with Crippen LogP contribution in [-0.2, 0) is 6.54 Å². The molecule has 1 N–H and O–H groups in total. The van der Waals surface area contributed by atoms with Crippen molar-refractivity contribution in [2.75, 3.05) is 13.7 Å². The lowest BCUT2D eigenvalue weighted by atomic mass is 10.1. The summed E-state index contributed by atoms with van der Waals surface area (Å²) in [4.78, 5) is 4.45. The maximum atomic E-state index is 5.48. The van der Waals surface area contributed by atoms with Gasteiger partial charge in [-0.05, 0) is 24.6 Å². The van der Waals surface area contributed by atoms with Crippen molar-refractivity contribution in [3.05, 3.63) is 36.0 Å². The number of rotatable bonds is 6. The molecule has 0 unspecified atom stereocenters. The van der Waals surface area contributed by atoms with E-state index in [1.54, 1.807) is 6.08 Å². The average Bonchev–Trinajstić information content (AvgIpc) is 2.26. The van der Waals surface area contributed by atoms with Crippen LogP contribution in [0.25, 0.3) is 0 Å². The molecule has 1 heterocycles. The molecule has 1 aromatic rings. The first-order valence-electron chi connectivity index (χ1n) is 5.56. The number of hydrogen-bond acceptors (Lipinski definition) is 3. The van der Waals surface area contributed by atoms with E-state index in [0.717, 1.165) is 12.2 Å². The molecule has 88 valence electrons. The molecule has 0 spiro atoms. The molecule has 0 aliphatic heterocycles. The van der Waals surface area contributed by atoms with Gasteiger partial charge in [0.05, 0.1) is 0 Å². The summed E-state index contributed by atoms with van der Waals surface area (Å²) in [6.07, 6.45) is 1.72. The third kappa shape index (κ3) is 3.66. The third-order valence-corrected chi connectivity index (χ3v) is 2.20. The SMILES string of the molecule is C=CCOc1cc(CNC)cc(C(C)C)n1. The highest BCUT2D eigenvalue weighted by Crippen LogP contribution is 2.19. The van der Waals surface area contributed by atoms with Crippen molar-refractivity contribution < 1.29 is 4.74 Å². The molecule has 3 heteroatoms. The molecule has 0 saturated carbocycles. The molecule has 0 radical (unpaired) electrons. The second-order valence-electron chi connectivity index (χ2n) is 4.02. The van der Waals surface area contributed by atoms with Crippen molar-refractivity contribution in [1.29, 1.82) is 0 Å². The zero-order valence-corrected chi connectivity index (χ0v) is 10.3. The summed E-state index contributed by atoms with van der Waals surface area (Å²) in [5, 5.41) is 3.13. The fourth-order valence-corrected chi connectivity index (χ4v) is 1.40. The van der Waals surface area contributed by atoms with Gasteiger partial charge in [0, 0.05) is 18.3 Å². The molecule has 0 saturated heterocycles. The van der Waals surface area contributed by atoms with Gasteiger partial charge in [0.1, 0.15) is 6.61 Å². The Morgan fingerprint density at radius 1 is 1.50 bits per heavy atom. The molecule has 3 nitrogen and oxygen atoms in total. The summed E-state index contributed by atoms with van der Waals surface area (Å²) < 4.78 is 5.48. The summed E-state index contributed by atoms with van der Waals surface area (Å²) in [7, 11) is 1.93. The van der Waals surface area contributed by atoms with Crippen LogP contribution in [0.3, 0.4) is 0 Å². The molecule has 0 bridgehead atoms. The molecule has 0 aliphatic rings. The summed E-state index contributed by atoms with van der Waals surface area (Å²) in [5.41, 5.74) is 2.26. The molecule has 0 aromatic carbocycles. The van der Waals surface area contributed by atoms with Crippen LogP contribution in [0.2, 0.25) is 0 Å². The van der Waals surface area contributed by atoms with Crippen molar-refractivity contribution in [3.63, 3.8) is 0 Å². The van der Waals surface area contributed by atoms with Gasteiger partial charge in [0.2, 0.25) is 5.88 Å². The molecule has 1 aromatic heterocycles. The van der Waals surface area contributed by atoms with E-state index < -0.39 is 0 Å². The Kier molecular flexibility index (Phi) is 4.99. The van der Waals surface area contributed by atoms with E-state index in [-0.39, 0.29) is 0 Å². The van der Waals surface area contributed by atoms with Crippen molar-refractivity contribution in [1.82, 2.24) is 10.3 Å². The van der Waals surface area contributed by atoms with Crippen LogP contribution in [0.1, 0.15) is 31.0 Å². The van der Waals surface area contributed by atoms with E-state index in [0.29, 0.717) is 18.4 Å². The fourth-order valence-electron chi connectivity index (χ4n) is 1.40. The van der Waals surface area contributed by atoms with Gasteiger partial charge < -0.3 is 10.1 Å². The van der Waals surface area contributed by atoms with E-state index in [4.69, 9.17) is 4.74 Å². The first-order chi connectivity index (χ1) is 7.67. The van der Waals surface area contributed by atoms with E-state index in [1.165, 1.54) is 5.56 Å². The van der Waals surface area contributed by atoms with Crippen LogP contribution >= 0.6 is 0 Å². The predicted molar refractivity (Wildman–Crippen MR) is 66.8 cm³/mol. The summed E-state index contributed by atoms with van der Waals surface area (Å²) >= 11 is 0. The van der Waals surface area contributed by atoms with Gasteiger partial charge in [0.15, 0.2) is 0 Å². The lowest BCUT2D eigenvalue weighted by molar-refractivity contribution is 0.346. The largest absolute Gasteiger partial charge is 0.473 e. The summed E-state index contributed by atoms with van der Waals surface area (Å²) in [6, 6.07) is 4.08. The number of ether oxygens (including phenoxy) is 1. The number of nitrogens with zero attached hydrogens (tertiary/aromatic N) is 1. The Balaban J connectivity index is 2.93. The lowest BCUT2D eigenvalue weighted by Crippen LogP contribution is -2.08. The zero-order valence-electron chi connectivity index (χ0n) is 10.3. The minimum atomic E-state index is 0.405. The van der Waals surface area contributed by atoms with Gasteiger partial charge in [-0.25, -0.2) is 4.98 Å². The summed E-state index contributed by atoms with van der Waals surface area (Å²) in [6.45, 7) is 9.20. The van der Waals surface area contributed by atoms with Crippen molar-refractivity contribution in [2.45, 2.75) is 26.3 Å². The third-order valence-electron chi connectivity index (χ3n) is 2.20. The van der Waals surface area contributed by atoms with Crippen LogP contribution < -0.4 is 10.1 Å². The Labute approximate surface area is 97.5 Å². The number of nitrogens with one attached hydrogen (secondary N) is 1. The van der Waals surface area contributed by atoms with E-state index in [2.05, 4.69) is 36.8 Å². The molecule has 0 aliphatic carbocycles. The fraction of sp³-hybridized carbons (Fsp3) is 0.462. The zero-order chi connectivity index (χ0) is 12.0. The predicted octanol–water partition coefficient (Wildman–Crippen LogP) is 2.49. The van der Waals surface area contributed by atoms with Gasteiger partial charge in [-0.3, -0.25) is 0 Å². The number of pyridine rings is 1. The second-order valence-corrected chi connectivity index (χ2v) is 4.02. The van der Waals surface area contributed by atoms with Gasteiger partial charge in [0.25, 0.3) is 0 Å². The highest BCUT2D eigenvalue weighted by atomic mass is 16.5. The molecular formula is C13H20N2O. The molecule has 0 atom stereocenters. The normalized spacial score (nSPS) is 10.5. The Morgan fingerprint density at radius 2 is 2.25 bits per heavy atom. The highest BCUT2D eigenvalue weighted by Gasteiger charge is 2.06. The molecule has 1 rings (SSSR count). The van der Waals surface area contributed by atoms with Crippen LogP contribution in [0.5, 0.6) is 5.88 Å². The first kappa shape index (κ1) is 12.7. The molecular weight excluding hydrogens is 200 g/mol. The quantitative estimate of drug-likeness (QED) is 0.748. The Hall–Kier alpha value is -1.35. The van der Waals surface area contributed by atoms with Crippen LogP contribution in [0.15, 0.2) is 24.8 Å². The van der Waals surface area contributed by atoms with Gasteiger partial charge in [-0.2, -0.15) is 0 Å². The monoisotopic (exact) mass is 220 g/mol. The standard InChI is InChI=1S/C13H20N2O/c1-5-6-16-13-8-11(9-14-4)7-12(15-13)10(2)3/h5,7-8,10,14H,1,6,9H2,2-4H3. The minimum Gasteiger partial charge on any atom is -0.473 e. The van der Waals surface area contributed by atoms with Gasteiger partial charge >= 0.3 is 0 Å². The van der Waals surface area contributed by atoms with E-state index in [1.807, 2.05) is 13.1 Å². The molecule has 16 heavy (non-hydrogen) atoms. The van der Waals surface area contributed by atoms with Crippen LogP contribution in [0.4, 0.5) is 0 Å². The number of aromatic nitrogens is 1. The Morgan fingerprint density at radius 3 is 2.81 bits per heavy atom. The lowest BCUT2D eigenvalue weighted by Gasteiger charge is -2.11. The molecule has 0 amide bonds. The summed E-state index contributed by atoms with van der Waals surface area (Å²) in [5.74, 6) is 1.08. The van der Waals surface area contributed by atoms with E-state index in [9.17, 15) is 0 Å². The maximum absolute atomic E-state index is 5.48. The van der Waals surface area contributed by atoms with Crippen molar-refractivity contribution >= 4 is 0 Å². The minimum absolute atomic E-state index is 0.405. The van der Waals surface area contributed by atoms with Crippen LogP contribution in [0, 0.1) is 0 Å². The van der Waals surface area contributed by atoms with Gasteiger partial charge in [-0.15, -0.1) is 0 Å². The second kappa shape index (κ2) is 6.28. The first-order valence-corrected chi connectivity index (χ1v) is 5.56. The maximum Gasteiger partial charge on any atom is 0.214 e.